The monoisotopic (exact) mass is 264 g/mol. The Morgan fingerprint density at radius 3 is 3.05 bits per heavy atom. The fourth-order valence-corrected chi connectivity index (χ4v) is 2.66. The summed E-state index contributed by atoms with van der Waals surface area (Å²) in [5.41, 5.74) is 0.678. The van der Waals surface area contributed by atoms with E-state index in [0.29, 0.717) is 11.6 Å². The van der Waals surface area contributed by atoms with Crippen LogP contribution in [0.15, 0.2) is 12.5 Å². The van der Waals surface area contributed by atoms with Gasteiger partial charge in [0.1, 0.15) is 5.69 Å². The molecule has 0 radical (unpaired) electrons. The zero-order valence-corrected chi connectivity index (χ0v) is 11.9. The maximum atomic E-state index is 12.5. The molecule has 0 saturated carbocycles. The number of piperidine rings is 1. The van der Waals surface area contributed by atoms with E-state index in [1.165, 1.54) is 12.8 Å². The Balaban J connectivity index is 2.02. The fourth-order valence-electron chi connectivity index (χ4n) is 2.66. The molecule has 0 bridgehead atoms. The lowest BCUT2D eigenvalue weighted by molar-refractivity contribution is 0.0709. The third-order valence-corrected chi connectivity index (χ3v) is 3.69. The van der Waals surface area contributed by atoms with Crippen LogP contribution in [0, 0.1) is 5.92 Å². The van der Waals surface area contributed by atoms with Crippen molar-refractivity contribution in [3.05, 3.63) is 18.2 Å². The molecule has 106 valence electrons. The molecule has 1 amide bonds. The minimum atomic E-state index is 0.104. The van der Waals surface area contributed by atoms with Crippen LogP contribution < -0.4 is 5.32 Å². The number of imidazole rings is 1. The molecule has 0 spiro atoms. The first-order valence-electron chi connectivity index (χ1n) is 7.18. The molecule has 1 N–H and O–H groups in total. The predicted molar refractivity (Wildman–Crippen MR) is 75.0 cm³/mol. The number of aromatic nitrogens is 2. The highest BCUT2D eigenvalue weighted by atomic mass is 16.2. The Kier molecular flexibility index (Phi) is 4.96. The van der Waals surface area contributed by atoms with Crippen LogP contribution in [0.1, 0.15) is 36.7 Å². The van der Waals surface area contributed by atoms with Gasteiger partial charge < -0.3 is 14.8 Å². The molecule has 1 aliphatic heterocycles. The van der Waals surface area contributed by atoms with Gasteiger partial charge in [0.05, 0.1) is 12.5 Å². The van der Waals surface area contributed by atoms with E-state index in [4.69, 9.17) is 0 Å². The number of hydrogen-bond acceptors (Lipinski definition) is 3. The number of rotatable bonds is 5. The van der Waals surface area contributed by atoms with Gasteiger partial charge in [0.2, 0.25) is 0 Å². The average molecular weight is 264 g/mol. The van der Waals surface area contributed by atoms with Crippen molar-refractivity contribution in [2.45, 2.75) is 26.2 Å². The smallest absolute Gasteiger partial charge is 0.272 e. The number of hydrogen-bond donors (Lipinski definition) is 1. The number of nitrogens with zero attached hydrogens (tertiary/aromatic N) is 3. The summed E-state index contributed by atoms with van der Waals surface area (Å²) < 4.78 is 1.80. The third-order valence-electron chi connectivity index (χ3n) is 3.69. The van der Waals surface area contributed by atoms with E-state index < -0.39 is 0 Å². The highest BCUT2D eigenvalue weighted by Crippen LogP contribution is 2.14. The van der Waals surface area contributed by atoms with Gasteiger partial charge in [-0.2, -0.15) is 0 Å². The van der Waals surface area contributed by atoms with Gasteiger partial charge >= 0.3 is 0 Å². The summed E-state index contributed by atoms with van der Waals surface area (Å²) >= 11 is 0. The summed E-state index contributed by atoms with van der Waals surface area (Å²) in [5.74, 6) is 0.685. The second kappa shape index (κ2) is 6.70. The molecule has 0 aromatic carbocycles. The standard InChI is InChI=1S/C14H24N4O/c1-3-7-18(10-12-5-4-6-15-8-12)14(19)13-9-16-11-17(13)2/h9,11-12,15H,3-8,10H2,1-2H3. The van der Waals surface area contributed by atoms with E-state index in [1.54, 1.807) is 17.1 Å². The van der Waals surface area contributed by atoms with Gasteiger partial charge in [0.25, 0.3) is 5.91 Å². The summed E-state index contributed by atoms with van der Waals surface area (Å²) in [6.07, 6.45) is 6.75. The molecule has 0 aliphatic carbocycles. The second-order valence-corrected chi connectivity index (χ2v) is 5.35. The van der Waals surface area contributed by atoms with Crippen LogP contribution >= 0.6 is 0 Å². The number of carbonyl (C=O) groups excluding carboxylic acids is 1. The van der Waals surface area contributed by atoms with Crippen molar-refractivity contribution < 1.29 is 4.79 Å². The Labute approximate surface area is 115 Å². The molecule has 1 unspecified atom stereocenters. The SMILES string of the molecule is CCCN(CC1CCCNC1)C(=O)c1cncn1C. The topological polar surface area (TPSA) is 50.2 Å². The molecule has 2 heterocycles. The zero-order valence-electron chi connectivity index (χ0n) is 11.9. The summed E-state index contributed by atoms with van der Waals surface area (Å²) in [6.45, 7) is 5.92. The lowest BCUT2D eigenvalue weighted by atomic mass is 9.99. The van der Waals surface area contributed by atoms with Crippen LogP contribution in [0.2, 0.25) is 0 Å². The van der Waals surface area contributed by atoms with E-state index in [-0.39, 0.29) is 5.91 Å². The summed E-state index contributed by atoms with van der Waals surface area (Å²) in [5, 5.41) is 3.41. The molecule has 1 aliphatic rings. The van der Waals surface area contributed by atoms with Crippen LogP contribution in [0.25, 0.3) is 0 Å². The van der Waals surface area contributed by atoms with E-state index >= 15 is 0 Å². The van der Waals surface area contributed by atoms with Crippen molar-refractivity contribution in [2.24, 2.45) is 13.0 Å². The summed E-state index contributed by atoms with van der Waals surface area (Å²) in [6, 6.07) is 0. The summed E-state index contributed by atoms with van der Waals surface area (Å²) in [7, 11) is 1.87. The van der Waals surface area contributed by atoms with Crippen LogP contribution in [0.3, 0.4) is 0 Å². The number of carbonyl (C=O) groups is 1. The van der Waals surface area contributed by atoms with Gasteiger partial charge in [0.15, 0.2) is 0 Å². The normalized spacial score (nSPS) is 19.4. The number of amides is 1. The van der Waals surface area contributed by atoms with Crippen molar-refractivity contribution in [3.63, 3.8) is 0 Å². The lowest BCUT2D eigenvalue weighted by Crippen LogP contribution is -2.41. The second-order valence-electron chi connectivity index (χ2n) is 5.35. The summed E-state index contributed by atoms with van der Waals surface area (Å²) in [4.78, 5) is 18.6. The molecule has 5 nitrogen and oxygen atoms in total. The molecule has 5 heteroatoms. The van der Waals surface area contributed by atoms with Crippen LogP contribution in [-0.2, 0) is 7.05 Å². The largest absolute Gasteiger partial charge is 0.337 e. The first kappa shape index (κ1) is 14.1. The minimum absolute atomic E-state index is 0.104. The Bertz CT molecular complexity index is 409. The highest BCUT2D eigenvalue weighted by Gasteiger charge is 2.22. The molecular formula is C14H24N4O. The van der Waals surface area contributed by atoms with Crippen molar-refractivity contribution in [3.8, 4) is 0 Å². The fraction of sp³-hybridized carbons (Fsp3) is 0.714. The van der Waals surface area contributed by atoms with E-state index in [1.807, 2.05) is 11.9 Å². The van der Waals surface area contributed by atoms with Crippen molar-refractivity contribution >= 4 is 5.91 Å². The third kappa shape index (κ3) is 3.56. The first-order chi connectivity index (χ1) is 9.22. The average Bonchev–Trinajstić information content (AvgIpc) is 2.85. The lowest BCUT2D eigenvalue weighted by Gasteiger charge is -2.30. The molecule has 1 atom stereocenters. The van der Waals surface area contributed by atoms with Gasteiger partial charge in [0, 0.05) is 20.1 Å². The number of nitrogens with one attached hydrogen (secondary N) is 1. The van der Waals surface area contributed by atoms with Crippen LogP contribution in [0.5, 0.6) is 0 Å². The molecule has 1 aromatic heterocycles. The van der Waals surface area contributed by atoms with Crippen LogP contribution in [0.4, 0.5) is 0 Å². The van der Waals surface area contributed by atoms with Crippen molar-refractivity contribution in [2.75, 3.05) is 26.2 Å². The predicted octanol–water partition coefficient (Wildman–Crippen LogP) is 1.27. The molecule has 1 saturated heterocycles. The quantitative estimate of drug-likeness (QED) is 0.871. The van der Waals surface area contributed by atoms with E-state index in [9.17, 15) is 4.79 Å². The number of aryl methyl sites for hydroxylation is 1. The van der Waals surface area contributed by atoms with Gasteiger partial charge in [-0.15, -0.1) is 0 Å². The Hall–Kier alpha value is -1.36. The Morgan fingerprint density at radius 2 is 2.47 bits per heavy atom. The maximum absolute atomic E-state index is 12.5. The Morgan fingerprint density at radius 1 is 1.63 bits per heavy atom. The van der Waals surface area contributed by atoms with Gasteiger partial charge in [-0.3, -0.25) is 4.79 Å². The molecule has 1 fully saturated rings. The van der Waals surface area contributed by atoms with Gasteiger partial charge in [-0.1, -0.05) is 6.92 Å². The van der Waals surface area contributed by atoms with Gasteiger partial charge in [-0.25, -0.2) is 4.98 Å². The molecule has 19 heavy (non-hydrogen) atoms. The highest BCUT2D eigenvalue weighted by molar-refractivity contribution is 5.92. The van der Waals surface area contributed by atoms with Crippen molar-refractivity contribution in [1.82, 2.24) is 19.8 Å². The molecule has 1 aromatic rings. The maximum Gasteiger partial charge on any atom is 0.272 e. The molecule has 2 rings (SSSR count). The van der Waals surface area contributed by atoms with Crippen LogP contribution in [-0.4, -0.2) is 46.5 Å². The van der Waals surface area contributed by atoms with E-state index in [2.05, 4.69) is 17.2 Å². The van der Waals surface area contributed by atoms with E-state index in [0.717, 1.165) is 32.6 Å². The minimum Gasteiger partial charge on any atom is -0.337 e. The van der Waals surface area contributed by atoms with Crippen molar-refractivity contribution in [1.29, 1.82) is 0 Å². The first-order valence-corrected chi connectivity index (χ1v) is 7.18. The molecular weight excluding hydrogens is 240 g/mol. The zero-order chi connectivity index (χ0) is 13.7. The van der Waals surface area contributed by atoms with Gasteiger partial charge in [-0.05, 0) is 38.3 Å².